The van der Waals surface area contributed by atoms with E-state index in [1.807, 2.05) is 24.1 Å². The fraction of sp³-hybridized carbons (Fsp3) is 0.731. The molecule has 192 valence electrons. The Bertz CT molecular complexity index is 783. The maximum Gasteiger partial charge on any atom is 0.232 e. The van der Waals surface area contributed by atoms with Crippen LogP contribution >= 0.6 is 12.4 Å². The fourth-order valence-electron chi connectivity index (χ4n) is 4.54. The summed E-state index contributed by atoms with van der Waals surface area (Å²) in [5.74, 6) is 1.26. The number of aromatic nitrogens is 1. The number of hydrogen-bond acceptors (Lipinski definition) is 5. The van der Waals surface area contributed by atoms with E-state index in [1.54, 1.807) is 0 Å². The van der Waals surface area contributed by atoms with Gasteiger partial charge in [0.25, 0.3) is 0 Å². The molecule has 2 heterocycles. The van der Waals surface area contributed by atoms with Crippen LogP contribution in [0.4, 0.5) is 5.82 Å². The first-order valence-corrected chi connectivity index (χ1v) is 12.7. The van der Waals surface area contributed by atoms with Gasteiger partial charge in [-0.25, -0.2) is 4.98 Å². The summed E-state index contributed by atoms with van der Waals surface area (Å²) in [4.78, 5) is 33.1. The summed E-state index contributed by atoms with van der Waals surface area (Å²) in [6.07, 6.45) is 5.34. The molecule has 1 saturated heterocycles. The van der Waals surface area contributed by atoms with Crippen molar-refractivity contribution in [3.63, 3.8) is 0 Å². The number of hydrogen-bond donors (Lipinski definition) is 2. The lowest BCUT2D eigenvalue weighted by atomic mass is 9.88. The molecule has 1 aromatic rings. The normalized spacial score (nSPS) is 21.1. The van der Waals surface area contributed by atoms with E-state index in [9.17, 15) is 9.59 Å². The average molecular weight is 495 g/mol. The van der Waals surface area contributed by atoms with Crippen molar-refractivity contribution < 1.29 is 14.3 Å². The molecule has 0 bridgehead atoms. The molecule has 2 N–H and O–H groups in total. The molecule has 1 saturated carbocycles. The van der Waals surface area contributed by atoms with Crippen molar-refractivity contribution in [3.05, 3.63) is 23.9 Å². The Labute approximate surface area is 211 Å². The fourth-order valence-corrected chi connectivity index (χ4v) is 4.54. The number of carbonyl (C=O) groups excluding carboxylic acids is 2. The molecule has 0 spiro atoms. The summed E-state index contributed by atoms with van der Waals surface area (Å²) in [6, 6.07) is 4.26. The molecule has 2 aliphatic rings. The molecule has 0 aromatic carbocycles. The molecule has 1 aliphatic heterocycles. The minimum Gasteiger partial charge on any atom is -0.380 e. The third-order valence-corrected chi connectivity index (χ3v) is 6.53. The molecular formula is C26H43ClN4O3. The van der Waals surface area contributed by atoms with Crippen LogP contribution < -0.4 is 15.5 Å². The van der Waals surface area contributed by atoms with Crippen LogP contribution in [0.2, 0.25) is 0 Å². The smallest absolute Gasteiger partial charge is 0.232 e. The topological polar surface area (TPSA) is 83.6 Å². The van der Waals surface area contributed by atoms with Crippen LogP contribution in [0.5, 0.6) is 0 Å². The van der Waals surface area contributed by atoms with Gasteiger partial charge in [-0.05, 0) is 56.1 Å². The summed E-state index contributed by atoms with van der Waals surface area (Å²) >= 11 is 0. The minimum absolute atomic E-state index is 0. The Morgan fingerprint density at radius 2 is 1.88 bits per heavy atom. The zero-order chi connectivity index (χ0) is 24.0. The van der Waals surface area contributed by atoms with Gasteiger partial charge in [-0.2, -0.15) is 0 Å². The van der Waals surface area contributed by atoms with Crippen LogP contribution in [0, 0.1) is 17.8 Å². The molecule has 3 atom stereocenters. The van der Waals surface area contributed by atoms with Gasteiger partial charge in [0.2, 0.25) is 11.8 Å². The molecule has 2 amide bonds. The van der Waals surface area contributed by atoms with E-state index in [4.69, 9.17) is 4.74 Å². The summed E-state index contributed by atoms with van der Waals surface area (Å²) in [5.41, 5.74) is 1.17. The van der Waals surface area contributed by atoms with Crippen molar-refractivity contribution >= 4 is 30.0 Å². The monoisotopic (exact) mass is 494 g/mol. The maximum atomic E-state index is 13.6. The molecule has 1 aromatic heterocycles. The molecule has 8 heteroatoms. The Kier molecular flexibility index (Phi) is 11.3. The number of halogens is 1. The number of nitrogens with one attached hydrogen (secondary N) is 2. The van der Waals surface area contributed by atoms with Crippen molar-refractivity contribution in [3.8, 4) is 0 Å². The SMILES string of the molecule is CCOC[C@@H](CC(C)C)NC(=O)[C@@H]1CNC[C@H](C(=O)N(c2ccc(C(C)C)cn2)C2CC2)C1.Cl. The predicted molar refractivity (Wildman–Crippen MR) is 138 cm³/mol. The summed E-state index contributed by atoms with van der Waals surface area (Å²) in [6.45, 7) is 12.9. The average Bonchev–Trinajstić information content (AvgIpc) is 3.62. The van der Waals surface area contributed by atoms with Gasteiger partial charge in [0, 0.05) is 31.9 Å². The Balaban J connectivity index is 0.00000408. The maximum absolute atomic E-state index is 13.6. The quantitative estimate of drug-likeness (QED) is 0.487. The second-order valence-electron chi connectivity index (χ2n) is 10.3. The number of pyridine rings is 1. The Morgan fingerprint density at radius 3 is 2.44 bits per heavy atom. The number of nitrogens with zero attached hydrogens (tertiary/aromatic N) is 2. The third kappa shape index (κ3) is 7.92. The zero-order valence-electron chi connectivity index (χ0n) is 21.4. The van der Waals surface area contributed by atoms with Gasteiger partial charge in [0.05, 0.1) is 24.5 Å². The number of ether oxygens (including phenoxy) is 1. The van der Waals surface area contributed by atoms with E-state index < -0.39 is 0 Å². The second-order valence-corrected chi connectivity index (χ2v) is 10.3. The van der Waals surface area contributed by atoms with Gasteiger partial charge in [-0.15, -0.1) is 12.4 Å². The highest BCUT2D eigenvalue weighted by Gasteiger charge is 2.40. The number of amides is 2. The zero-order valence-corrected chi connectivity index (χ0v) is 22.2. The van der Waals surface area contributed by atoms with Crippen molar-refractivity contribution in [1.29, 1.82) is 0 Å². The Morgan fingerprint density at radius 1 is 1.18 bits per heavy atom. The van der Waals surface area contributed by atoms with Gasteiger partial charge in [-0.1, -0.05) is 33.8 Å². The van der Waals surface area contributed by atoms with E-state index in [-0.39, 0.29) is 48.1 Å². The van der Waals surface area contributed by atoms with E-state index in [2.05, 4.69) is 49.4 Å². The lowest BCUT2D eigenvalue weighted by Gasteiger charge is -2.33. The highest BCUT2D eigenvalue weighted by molar-refractivity contribution is 5.96. The third-order valence-electron chi connectivity index (χ3n) is 6.53. The summed E-state index contributed by atoms with van der Waals surface area (Å²) in [7, 11) is 0. The van der Waals surface area contributed by atoms with Gasteiger partial charge in [0.1, 0.15) is 5.82 Å². The molecule has 0 unspecified atom stereocenters. The van der Waals surface area contributed by atoms with Crippen LogP contribution in [-0.2, 0) is 14.3 Å². The van der Waals surface area contributed by atoms with Crippen LogP contribution in [-0.4, -0.2) is 55.2 Å². The number of carbonyl (C=O) groups is 2. The van der Waals surface area contributed by atoms with E-state index >= 15 is 0 Å². The highest BCUT2D eigenvalue weighted by Crippen LogP contribution is 2.34. The van der Waals surface area contributed by atoms with Crippen LogP contribution in [0.3, 0.4) is 0 Å². The van der Waals surface area contributed by atoms with E-state index in [1.165, 1.54) is 5.56 Å². The molecule has 7 nitrogen and oxygen atoms in total. The van der Waals surface area contributed by atoms with Crippen LogP contribution in [0.25, 0.3) is 0 Å². The van der Waals surface area contributed by atoms with Crippen molar-refractivity contribution in [2.75, 3.05) is 31.2 Å². The van der Waals surface area contributed by atoms with Crippen molar-refractivity contribution in [1.82, 2.24) is 15.6 Å². The molecule has 2 fully saturated rings. The van der Waals surface area contributed by atoms with Gasteiger partial charge < -0.3 is 15.4 Å². The minimum atomic E-state index is -0.225. The van der Waals surface area contributed by atoms with Crippen LogP contribution in [0.15, 0.2) is 18.3 Å². The van der Waals surface area contributed by atoms with Crippen LogP contribution in [0.1, 0.15) is 71.8 Å². The molecule has 0 radical (unpaired) electrons. The number of rotatable bonds is 11. The van der Waals surface area contributed by atoms with Gasteiger partial charge >= 0.3 is 0 Å². The first-order valence-electron chi connectivity index (χ1n) is 12.7. The summed E-state index contributed by atoms with van der Waals surface area (Å²) in [5, 5.41) is 6.52. The molecule has 34 heavy (non-hydrogen) atoms. The molecular weight excluding hydrogens is 452 g/mol. The highest BCUT2D eigenvalue weighted by atomic mass is 35.5. The standard InChI is InChI=1S/C26H42N4O3.ClH/c1-6-33-16-22(11-17(2)3)29-25(31)20-12-21(14-27-13-20)26(32)30(23-8-9-23)24-10-7-19(15-28-24)18(4)5;/h7,10,15,17-18,20-23,27H,6,8-9,11-14,16H2,1-5H3,(H,29,31);1H/t20-,21+,22+;/m0./s1. The van der Waals surface area contributed by atoms with Crippen molar-refractivity contribution in [2.45, 2.75) is 78.3 Å². The first kappa shape index (κ1) is 28.5. The summed E-state index contributed by atoms with van der Waals surface area (Å²) < 4.78 is 5.58. The number of piperidine rings is 1. The van der Waals surface area contributed by atoms with E-state index in [0.29, 0.717) is 44.6 Å². The first-order chi connectivity index (χ1) is 15.8. The number of anilines is 1. The van der Waals surface area contributed by atoms with Gasteiger partial charge in [0.15, 0.2) is 0 Å². The Hall–Kier alpha value is -1.70. The molecule has 3 rings (SSSR count). The second kappa shape index (κ2) is 13.4. The lowest BCUT2D eigenvalue weighted by Crippen LogP contribution is -2.51. The largest absolute Gasteiger partial charge is 0.380 e. The lowest BCUT2D eigenvalue weighted by molar-refractivity contribution is -0.129. The van der Waals surface area contributed by atoms with E-state index in [0.717, 1.165) is 25.1 Å². The van der Waals surface area contributed by atoms with Crippen molar-refractivity contribution in [2.24, 2.45) is 17.8 Å². The predicted octanol–water partition coefficient (Wildman–Crippen LogP) is 3.92. The molecule has 1 aliphatic carbocycles. The van der Waals surface area contributed by atoms with Gasteiger partial charge in [-0.3, -0.25) is 14.5 Å².